The van der Waals surface area contributed by atoms with E-state index in [0.717, 1.165) is 13.1 Å². The predicted octanol–water partition coefficient (Wildman–Crippen LogP) is 1.28. The van der Waals surface area contributed by atoms with E-state index in [1.807, 2.05) is 4.90 Å². The van der Waals surface area contributed by atoms with Gasteiger partial charge in [-0.3, -0.25) is 14.5 Å². The normalized spacial score (nSPS) is 16.9. The molecule has 0 saturated carbocycles. The molecule has 1 saturated heterocycles. The van der Waals surface area contributed by atoms with Crippen molar-refractivity contribution < 1.29 is 14.7 Å². The summed E-state index contributed by atoms with van der Waals surface area (Å²) in [5.74, 6) is -0.197. The molecule has 0 unspecified atom stereocenters. The summed E-state index contributed by atoms with van der Waals surface area (Å²) < 4.78 is 0. The van der Waals surface area contributed by atoms with Crippen LogP contribution in [0.25, 0.3) is 0 Å². The predicted molar refractivity (Wildman–Crippen MR) is 76.8 cm³/mol. The molecule has 0 aromatic heterocycles. The number of hydrogen-bond donors (Lipinski definition) is 2. The lowest BCUT2D eigenvalue weighted by Gasteiger charge is -2.28. The van der Waals surface area contributed by atoms with E-state index in [-0.39, 0.29) is 17.8 Å². The van der Waals surface area contributed by atoms with Crippen LogP contribution in [-0.2, 0) is 4.79 Å². The van der Waals surface area contributed by atoms with Gasteiger partial charge < -0.3 is 10.4 Å². The highest BCUT2D eigenvalue weighted by Gasteiger charge is 2.19. The van der Waals surface area contributed by atoms with Crippen LogP contribution in [-0.4, -0.2) is 47.4 Å². The summed E-state index contributed by atoms with van der Waals surface area (Å²) in [4.78, 5) is 25.5. The maximum atomic E-state index is 12.0. The van der Waals surface area contributed by atoms with Gasteiger partial charge >= 0.3 is 0 Å². The molecule has 0 spiro atoms. The van der Waals surface area contributed by atoms with Crippen LogP contribution in [0.3, 0.4) is 0 Å². The second-order valence-electron chi connectivity index (χ2n) is 5.16. The SMILES string of the molecule is CC(=O)c1ccccc1NC(=O)CN1CCC(O)CC1. The third-order valence-electron chi connectivity index (χ3n) is 3.50. The number of nitrogens with zero attached hydrogens (tertiary/aromatic N) is 1. The first-order chi connectivity index (χ1) is 9.56. The first-order valence-corrected chi connectivity index (χ1v) is 6.86. The Hall–Kier alpha value is -1.72. The highest BCUT2D eigenvalue weighted by atomic mass is 16.3. The van der Waals surface area contributed by atoms with Crippen molar-refractivity contribution in [2.24, 2.45) is 0 Å². The number of anilines is 1. The lowest BCUT2D eigenvalue weighted by molar-refractivity contribution is -0.117. The summed E-state index contributed by atoms with van der Waals surface area (Å²) in [5, 5.41) is 12.2. The molecule has 1 heterocycles. The van der Waals surface area contributed by atoms with Crippen LogP contribution in [0.5, 0.6) is 0 Å². The van der Waals surface area contributed by atoms with E-state index in [2.05, 4.69) is 5.32 Å². The number of rotatable bonds is 4. The van der Waals surface area contributed by atoms with Crippen LogP contribution in [0.4, 0.5) is 5.69 Å². The molecule has 0 bridgehead atoms. The van der Waals surface area contributed by atoms with Crippen LogP contribution >= 0.6 is 0 Å². The number of amides is 1. The van der Waals surface area contributed by atoms with E-state index < -0.39 is 0 Å². The molecule has 20 heavy (non-hydrogen) atoms. The van der Waals surface area contributed by atoms with Crippen molar-refractivity contribution in [1.29, 1.82) is 0 Å². The lowest BCUT2D eigenvalue weighted by atomic mass is 10.1. The lowest BCUT2D eigenvalue weighted by Crippen LogP contribution is -2.40. The number of nitrogens with one attached hydrogen (secondary N) is 1. The van der Waals surface area contributed by atoms with Gasteiger partial charge in [-0.1, -0.05) is 12.1 Å². The maximum absolute atomic E-state index is 12.0. The molecule has 1 aliphatic rings. The van der Waals surface area contributed by atoms with E-state index in [4.69, 9.17) is 0 Å². The van der Waals surface area contributed by atoms with E-state index >= 15 is 0 Å². The second-order valence-corrected chi connectivity index (χ2v) is 5.16. The van der Waals surface area contributed by atoms with Gasteiger partial charge in [0.2, 0.25) is 5.91 Å². The Bertz CT molecular complexity index is 494. The van der Waals surface area contributed by atoms with Crippen molar-refractivity contribution in [2.45, 2.75) is 25.9 Å². The Morgan fingerprint density at radius 3 is 2.60 bits per heavy atom. The number of carbonyl (C=O) groups is 2. The number of benzene rings is 1. The minimum absolute atomic E-state index is 0.0676. The molecule has 1 aliphatic heterocycles. The Morgan fingerprint density at radius 1 is 1.30 bits per heavy atom. The van der Waals surface area contributed by atoms with Gasteiger partial charge in [-0.15, -0.1) is 0 Å². The summed E-state index contributed by atoms with van der Waals surface area (Å²) in [6, 6.07) is 7.00. The van der Waals surface area contributed by atoms with E-state index in [1.165, 1.54) is 6.92 Å². The first kappa shape index (κ1) is 14.7. The van der Waals surface area contributed by atoms with Crippen LogP contribution in [0, 0.1) is 0 Å². The third-order valence-corrected chi connectivity index (χ3v) is 3.50. The van der Waals surface area contributed by atoms with Crippen LogP contribution in [0.15, 0.2) is 24.3 Å². The molecule has 5 heteroatoms. The standard InChI is InChI=1S/C15H20N2O3/c1-11(18)13-4-2-3-5-14(13)16-15(20)10-17-8-6-12(19)7-9-17/h2-5,12,19H,6-10H2,1H3,(H,16,20). The Morgan fingerprint density at radius 2 is 1.95 bits per heavy atom. The number of para-hydroxylation sites is 1. The van der Waals surface area contributed by atoms with Crippen LogP contribution in [0.1, 0.15) is 30.1 Å². The fourth-order valence-electron chi connectivity index (χ4n) is 2.37. The highest BCUT2D eigenvalue weighted by Crippen LogP contribution is 2.16. The number of carbonyl (C=O) groups excluding carboxylic acids is 2. The number of piperidine rings is 1. The molecular weight excluding hydrogens is 256 g/mol. The van der Waals surface area contributed by atoms with E-state index in [0.29, 0.717) is 30.6 Å². The Balaban J connectivity index is 1.93. The van der Waals surface area contributed by atoms with Gasteiger partial charge in [0, 0.05) is 18.7 Å². The minimum atomic E-state index is -0.243. The first-order valence-electron chi connectivity index (χ1n) is 6.86. The fourth-order valence-corrected chi connectivity index (χ4v) is 2.37. The summed E-state index contributed by atoms with van der Waals surface area (Å²) in [6.45, 7) is 3.22. The summed E-state index contributed by atoms with van der Waals surface area (Å²) in [5.41, 5.74) is 1.08. The zero-order valence-electron chi connectivity index (χ0n) is 11.6. The second kappa shape index (κ2) is 6.63. The average molecular weight is 276 g/mol. The van der Waals surface area contributed by atoms with Gasteiger partial charge in [-0.25, -0.2) is 0 Å². The molecular formula is C15H20N2O3. The van der Waals surface area contributed by atoms with Gasteiger partial charge in [0.15, 0.2) is 5.78 Å². The van der Waals surface area contributed by atoms with Crippen molar-refractivity contribution in [3.05, 3.63) is 29.8 Å². The molecule has 108 valence electrons. The Labute approximate surface area is 118 Å². The Kier molecular flexibility index (Phi) is 4.87. The van der Waals surface area contributed by atoms with Gasteiger partial charge in [0.1, 0.15) is 0 Å². The molecule has 0 atom stereocenters. The summed E-state index contributed by atoms with van der Waals surface area (Å²) in [6.07, 6.45) is 1.17. The van der Waals surface area contributed by atoms with Gasteiger partial charge in [0.05, 0.1) is 18.3 Å². The molecule has 1 amide bonds. The minimum Gasteiger partial charge on any atom is -0.393 e. The van der Waals surface area contributed by atoms with E-state index in [9.17, 15) is 14.7 Å². The highest BCUT2D eigenvalue weighted by molar-refractivity contribution is 6.04. The molecule has 1 aromatic carbocycles. The zero-order chi connectivity index (χ0) is 14.5. The molecule has 5 nitrogen and oxygen atoms in total. The molecule has 2 rings (SSSR count). The van der Waals surface area contributed by atoms with E-state index in [1.54, 1.807) is 24.3 Å². The number of Topliss-reactive ketones (excluding diaryl/α,β-unsaturated/α-hetero) is 1. The molecule has 0 aliphatic carbocycles. The number of aliphatic hydroxyl groups excluding tert-OH is 1. The molecule has 1 fully saturated rings. The number of hydrogen-bond acceptors (Lipinski definition) is 4. The van der Waals surface area contributed by atoms with Gasteiger partial charge in [-0.05, 0) is 31.9 Å². The quantitative estimate of drug-likeness (QED) is 0.813. The van der Waals surface area contributed by atoms with Gasteiger partial charge in [-0.2, -0.15) is 0 Å². The molecule has 2 N–H and O–H groups in total. The summed E-state index contributed by atoms with van der Waals surface area (Å²) >= 11 is 0. The fraction of sp³-hybridized carbons (Fsp3) is 0.467. The number of aliphatic hydroxyl groups is 1. The van der Waals surface area contributed by atoms with Crippen molar-refractivity contribution in [2.75, 3.05) is 25.0 Å². The van der Waals surface area contributed by atoms with Crippen molar-refractivity contribution in [3.8, 4) is 0 Å². The third kappa shape index (κ3) is 3.88. The van der Waals surface area contributed by atoms with Crippen LogP contribution in [0.2, 0.25) is 0 Å². The number of ketones is 1. The maximum Gasteiger partial charge on any atom is 0.238 e. The van der Waals surface area contributed by atoms with Crippen molar-refractivity contribution in [3.63, 3.8) is 0 Å². The van der Waals surface area contributed by atoms with Crippen molar-refractivity contribution >= 4 is 17.4 Å². The largest absolute Gasteiger partial charge is 0.393 e. The smallest absolute Gasteiger partial charge is 0.238 e. The molecule has 1 aromatic rings. The monoisotopic (exact) mass is 276 g/mol. The topological polar surface area (TPSA) is 69.6 Å². The van der Waals surface area contributed by atoms with Crippen LogP contribution < -0.4 is 5.32 Å². The summed E-state index contributed by atoms with van der Waals surface area (Å²) in [7, 11) is 0. The van der Waals surface area contributed by atoms with Gasteiger partial charge in [0.25, 0.3) is 0 Å². The molecule has 0 radical (unpaired) electrons. The zero-order valence-corrected chi connectivity index (χ0v) is 11.6. The van der Waals surface area contributed by atoms with Crippen molar-refractivity contribution in [1.82, 2.24) is 4.90 Å². The number of likely N-dealkylation sites (tertiary alicyclic amines) is 1. The average Bonchev–Trinajstić information content (AvgIpc) is 2.41.